The number of hydrogen-bond acceptors (Lipinski definition) is 2. The largest absolute Gasteiger partial charge is 0.322 e. The normalized spacial score (nSPS) is 16.1. The van der Waals surface area contributed by atoms with Crippen molar-refractivity contribution in [3.05, 3.63) is 65.2 Å². The number of urea groups is 1. The fraction of sp³-hybridized carbons (Fsp3) is 0.567. The van der Waals surface area contributed by atoms with E-state index in [4.69, 9.17) is 0 Å². The lowest BCUT2D eigenvalue weighted by Crippen LogP contribution is -2.50. The second kappa shape index (κ2) is 12.4. The number of likely N-dealkylation sites (tertiary alicyclic amines) is 1. The van der Waals surface area contributed by atoms with E-state index < -0.39 is 0 Å². The number of anilines is 1. The smallest absolute Gasteiger partial charge is 0.317 e. The number of carbonyl (C=O) groups is 1. The van der Waals surface area contributed by atoms with E-state index in [-0.39, 0.29) is 12.1 Å². The zero-order chi connectivity index (χ0) is 24.7. The lowest BCUT2D eigenvalue weighted by molar-refractivity contribution is 0.0989. The van der Waals surface area contributed by atoms with Crippen LogP contribution in [0, 0.1) is 0 Å². The van der Waals surface area contributed by atoms with E-state index >= 15 is 0 Å². The quantitative estimate of drug-likeness (QED) is 0.415. The first-order valence-electron chi connectivity index (χ1n) is 13.3. The summed E-state index contributed by atoms with van der Waals surface area (Å²) >= 11 is 0. The first-order chi connectivity index (χ1) is 16.3. The van der Waals surface area contributed by atoms with Gasteiger partial charge in [0.15, 0.2) is 0 Å². The Morgan fingerprint density at radius 2 is 1.53 bits per heavy atom. The number of hydrogen-bond donors (Lipinski definition) is 1. The van der Waals surface area contributed by atoms with Gasteiger partial charge in [-0.2, -0.15) is 0 Å². The molecule has 1 heterocycles. The molecule has 3 rings (SSSR count). The Labute approximate surface area is 207 Å². The van der Waals surface area contributed by atoms with Gasteiger partial charge >= 0.3 is 6.03 Å². The summed E-state index contributed by atoms with van der Waals surface area (Å²) in [4.78, 5) is 18.6. The third-order valence-electron chi connectivity index (χ3n) is 7.33. The Morgan fingerprint density at radius 1 is 0.941 bits per heavy atom. The predicted octanol–water partition coefficient (Wildman–Crippen LogP) is 7.62. The summed E-state index contributed by atoms with van der Waals surface area (Å²) in [6, 6.07) is 17.7. The van der Waals surface area contributed by atoms with Gasteiger partial charge in [0.25, 0.3) is 0 Å². The van der Waals surface area contributed by atoms with E-state index in [0.717, 1.165) is 31.6 Å². The Morgan fingerprint density at radius 3 is 2.06 bits per heavy atom. The van der Waals surface area contributed by atoms with Crippen molar-refractivity contribution in [3.8, 4) is 0 Å². The number of rotatable bonds is 9. The number of para-hydroxylation sites is 1. The van der Waals surface area contributed by atoms with Crippen LogP contribution in [0.2, 0.25) is 0 Å². The van der Waals surface area contributed by atoms with Gasteiger partial charge in [-0.3, -0.25) is 0 Å². The van der Waals surface area contributed by atoms with Crippen molar-refractivity contribution >= 4 is 11.7 Å². The molecule has 34 heavy (non-hydrogen) atoms. The molecule has 0 saturated carbocycles. The zero-order valence-corrected chi connectivity index (χ0v) is 22.2. The molecule has 0 aromatic heterocycles. The SMILES string of the molecule is CCCC(C)N1CCC(N(Cc2ccccc2)C(=O)Nc2c(C(C)C)cccc2C(C)C)CC1. The predicted molar refractivity (Wildman–Crippen MR) is 145 cm³/mol. The molecule has 1 aliphatic heterocycles. The fourth-order valence-corrected chi connectivity index (χ4v) is 5.26. The highest BCUT2D eigenvalue weighted by molar-refractivity contribution is 5.91. The Kier molecular flexibility index (Phi) is 9.58. The van der Waals surface area contributed by atoms with E-state index in [0.29, 0.717) is 24.4 Å². The molecule has 2 amide bonds. The lowest BCUT2D eigenvalue weighted by Gasteiger charge is -2.41. The number of nitrogens with zero attached hydrogens (tertiary/aromatic N) is 2. The third kappa shape index (κ3) is 6.63. The van der Waals surface area contributed by atoms with Gasteiger partial charge in [0.1, 0.15) is 0 Å². The van der Waals surface area contributed by atoms with Gasteiger partial charge < -0.3 is 15.1 Å². The van der Waals surface area contributed by atoms with Crippen LogP contribution in [-0.2, 0) is 6.54 Å². The van der Waals surface area contributed by atoms with E-state index in [1.54, 1.807) is 0 Å². The maximum Gasteiger partial charge on any atom is 0.322 e. The fourth-order valence-electron chi connectivity index (χ4n) is 5.26. The van der Waals surface area contributed by atoms with Gasteiger partial charge in [-0.1, -0.05) is 89.6 Å². The van der Waals surface area contributed by atoms with Crippen LogP contribution in [0.1, 0.15) is 95.8 Å². The molecule has 2 aromatic rings. The van der Waals surface area contributed by atoms with Gasteiger partial charge in [0.05, 0.1) is 0 Å². The minimum atomic E-state index is 0.0268. The highest BCUT2D eigenvalue weighted by Crippen LogP contribution is 2.33. The second-order valence-corrected chi connectivity index (χ2v) is 10.6. The van der Waals surface area contributed by atoms with Gasteiger partial charge in [-0.25, -0.2) is 4.79 Å². The number of benzene rings is 2. The van der Waals surface area contributed by atoms with E-state index in [2.05, 4.69) is 99.1 Å². The lowest BCUT2D eigenvalue weighted by atomic mass is 9.92. The number of carbonyl (C=O) groups excluding carboxylic acids is 1. The summed E-state index contributed by atoms with van der Waals surface area (Å²) < 4.78 is 0. The molecule has 0 aliphatic carbocycles. The van der Waals surface area contributed by atoms with Crippen molar-refractivity contribution in [1.29, 1.82) is 0 Å². The summed E-state index contributed by atoms with van der Waals surface area (Å²) in [7, 11) is 0. The molecule has 2 aromatic carbocycles. The summed E-state index contributed by atoms with van der Waals surface area (Å²) in [5.41, 5.74) is 4.61. The molecule has 4 heteroatoms. The molecule has 1 atom stereocenters. The van der Waals surface area contributed by atoms with Crippen molar-refractivity contribution in [2.45, 2.75) is 97.7 Å². The van der Waals surface area contributed by atoms with Crippen LogP contribution in [0.3, 0.4) is 0 Å². The summed E-state index contributed by atoms with van der Waals surface area (Å²) in [6.07, 6.45) is 4.51. The van der Waals surface area contributed by atoms with Crippen LogP contribution in [-0.4, -0.2) is 41.0 Å². The molecular weight excluding hydrogens is 418 g/mol. The summed E-state index contributed by atoms with van der Waals surface area (Å²) in [6.45, 7) is 16.2. The number of amides is 2. The molecule has 1 fully saturated rings. The van der Waals surface area contributed by atoms with Gasteiger partial charge in [-0.15, -0.1) is 0 Å². The molecule has 186 valence electrons. The van der Waals surface area contributed by atoms with E-state index in [1.165, 1.54) is 29.5 Å². The number of nitrogens with one attached hydrogen (secondary N) is 1. The average molecular weight is 464 g/mol. The van der Waals surface area contributed by atoms with Crippen LogP contribution < -0.4 is 5.32 Å². The van der Waals surface area contributed by atoms with Crippen LogP contribution in [0.5, 0.6) is 0 Å². The maximum absolute atomic E-state index is 13.9. The summed E-state index contributed by atoms with van der Waals surface area (Å²) in [5.74, 6) is 0.694. The van der Waals surface area contributed by atoms with Crippen LogP contribution >= 0.6 is 0 Å². The molecule has 0 radical (unpaired) electrons. The van der Waals surface area contributed by atoms with Gasteiger partial charge in [-0.05, 0) is 54.7 Å². The van der Waals surface area contributed by atoms with Gasteiger partial charge in [0, 0.05) is 37.4 Å². The summed E-state index contributed by atoms with van der Waals surface area (Å²) in [5, 5.41) is 3.39. The Hall–Kier alpha value is -2.33. The van der Waals surface area contributed by atoms with Crippen molar-refractivity contribution in [1.82, 2.24) is 9.80 Å². The van der Waals surface area contributed by atoms with Crippen molar-refractivity contribution in [2.75, 3.05) is 18.4 Å². The van der Waals surface area contributed by atoms with Crippen molar-refractivity contribution < 1.29 is 4.79 Å². The highest BCUT2D eigenvalue weighted by atomic mass is 16.2. The first-order valence-corrected chi connectivity index (χ1v) is 13.3. The first kappa shape index (κ1) is 26.3. The topological polar surface area (TPSA) is 35.6 Å². The standard InChI is InChI=1S/C30H45N3O/c1-7-12-24(6)32-19-17-26(18-20-32)33(21-25-13-9-8-10-14-25)30(34)31-29-27(22(2)3)15-11-16-28(29)23(4)5/h8-11,13-16,22-24,26H,7,12,17-21H2,1-6H3,(H,31,34). The van der Waals surface area contributed by atoms with Crippen LogP contribution in [0.15, 0.2) is 48.5 Å². The molecule has 1 saturated heterocycles. The highest BCUT2D eigenvalue weighted by Gasteiger charge is 2.30. The van der Waals surface area contributed by atoms with E-state index in [1.807, 2.05) is 6.07 Å². The Bertz CT molecular complexity index is 874. The second-order valence-electron chi connectivity index (χ2n) is 10.6. The molecule has 4 nitrogen and oxygen atoms in total. The third-order valence-corrected chi connectivity index (χ3v) is 7.33. The minimum absolute atomic E-state index is 0.0268. The molecular formula is C30H45N3O. The minimum Gasteiger partial charge on any atom is -0.317 e. The zero-order valence-electron chi connectivity index (χ0n) is 22.2. The van der Waals surface area contributed by atoms with Crippen LogP contribution in [0.25, 0.3) is 0 Å². The van der Waals surface area contributed by atoms with Crippen molar-refractivity contribution in [3.63, 3.8) is 0 Å². The maximum atomic E-state index is 13.9. The molecule has 1 aliphatic rings. The monoisotopic (exact) mass is 463 g/mol. The number of piperidine rings is 1. The molecule has 1 N–H and O–H groups in total. The van der Waals surface area contributed by atoms with Crippen molar-refractivity contribution in [2.24, 2.45) is 0 Å². The Balaban J connectivity index is 1.84. The van der Waals surface area contributed by atoms with Crippen LogP contribution in [0.4, 0.5) is 10.5 Å². The van der Waals surface area contributed by atoms with Gasteiger partial charge in [0.2, 0.25) is 0 Å². The molecule has 1 unspecified atom stereocenters. The molecule has 0 bridgehead atoms. The molecule has 0 spiro atoms. The van der Waals surface area contributed by atoms with E-state index in [9.17, 15) is 4.79 Å². The average Bonchev–Trinajstić information content (AvgIpc) is 2.83.